The van der Waals surface area contributed by atoms with Crippen molar-refractivity contribution in [2.45, 2.75) is 26.9 Å². The number of aryl methyl sites for hydroxylation is 1. The predicted molar refractivity (Wildman–Crippen MR) is 85.4 cm³/mol. The van der Waals surface area contributed by atoms with Crippen molar-refractivity contribution in [2.75, 3.05) is 19.6 Å². The van der Waals surface area contributed by atoms with Crippen LogP contribution in [0.5, 0.6) is 5.75 Å². The van der Waals surface area contributed by atoms with E-state index in [1.165, 1.54) is 5.56 Å². The minimum atomic E-state index is 0.0241. The van der Waals surface area contributed by atoms with Crippen molar-refractivity contribution in [2.24, 2.45) is 4.99 Å². The Morgan fingerprint density at radius 2 is 2.25 bits per heavy atom. The summed E-state index contributed by atoms with van der Waals surface area (Å²) in [6.45, 7) is 11.9. The molecule has 0 radical (unpaired) electrons. The van der Waals surface area contributed by atoms with E-state index >= 15 is 0 Å². The highest BCUT2D eigenvalue weighted by molar-refractivity contribution is 5.79. The van der Waals surface area contributed by atoms with Crippen LogP contribution < -0.4 is 15.4 Å². The molecule has 1 atom stereocenters. The molecule has 1 unspecified atom stereocenters. The fourth-order valence-electron chi connectivity index (χ4n) is 1.69. The molecule has 0 saturated heterocycles. The number of nitrogens with zero attached hydrogens (tertiary/aromatic N) is 1. The maximum Gasteiger partial charge on any atom is 0.191 e. The van der Waals surface area contributed by atoms with Crippen LogP contribution in [0.2, 0.25) is 0 Å². The van der Waals surface area contributed by atoms with Crippen LogP contribution in [0.25, 0.3) is 0 Å². The Balaban J connectivity index is 2.50. The second-order valence-corrected chi connectivity index (χ2v) is 4.63. The molecule has 1 aromatic carbocycles. The van der Waals surface area contributed by atoms with E-state index in [1.807, 2.05) is 32.0 Å². The van der Waals surface area contributed by atoms with Crippen molar-refractivity contribution in [3.63, 3.8) is 0 Å². The molecule has 2 N–H and O–H groups in total. The van der Waals surface area contributed by atoms with Crippen LogP contribution in [0, 0.1) is 6.92 Å². The van der Waals surface area contributed by atoms with Gasteiger partial charge in [-0.2, -0.15) is 0 Å². The lowest BCUT2D eigenvalue weighted by molar-refractivity contribution is 0.230. The first kappa shape index (κ1) is 16.1. The molecule has 4 nitrogen and oxygen atoms in total. The van der Waals surface area contributed by atoms with Crippen LogP contribution >= 0.6 is 0 Å². The van der Waals surface area contributed by atoms with Gasteiger partial charge in [0.05, 0.1) is 6.54 Å². The number of guanidine groups is 1. The van der Waals surface area contributed by atoms with Crippen LogP contribution in [-0.4, -0.2) is 31.7 Å². The van der Waals surface area contributed by atoms with E-state index in [0.29, 0.717) is 13.1 Å². The largest absolute Gasteiger partial charge is 0.489 e. The first-order valence-electron chi connectivity index (χ1n) is 7.02. The molecular weight excluding hydrogens is 250 g/mol. The summed E-state index contributed by atoms with van der Waals surface area (Å²) < 4.78 is 5.85. The number of nitrogens with one attached hydrogen (secondary N) is 2. The summed E-state index contributed by atoms with van der Waals surface area (Å²) in [5.41, 5.74) is 1.19. The molecule has 1 rings (SSSR count). The maximum atomic E-state index is 5.85. The molecule has 110 valence electrons. The molecule has 0 aliphatic carbocycles. The Bertz CT molecular complexity index is 443. The lowest BCUT2D eigenvalue weighted by Gasteiger charge is -2.15. The average Bonchev–Trinajstić information content (AvgIpc) is 2.42. The Morgan fingerprint density at radius 1 is 1.45 bits per heavy atom. The highest BCUT2D eigenvalue weighted by Gasteiger charge is 2.04. The highest BCUT2D eigenvalue weighted by Crippen LogP contribution is 2.14. The summed E-state index contributed by atoms with van der Waals surface area (Å²) in [7, 11) is 0. The molecule has 0 aromatic heterocycles. The molecule has 1 aromatic rings. The third kappa shape index (κ3) is 6.27. The van der Waals surface area contributed by atoms with Gasteiger partial charge in [-0.05, 0) is 38.5 Å². The van der Waals surface area contributed by atoms with Gasteiger partial charge >= 0.3 is 0 Å². The highest BCUT2D eigenvalue weighted by atomic mass is 16.5. The number of rotatable bonds is 7. The summed E-state index contributed by atoms with van der Waals surface area (Å²) in [6.07, 6.45) is 1.83. The Kier molecular flexibility index (Phi) is 7.25. The normalized spacial score (nSPS) is 12.7. The van der Waals surface area contributed by atoms with Gasteiger partial charge in [0, 0.05) is 13.1 Å². The van der Waals surface area contributed by atoms with Crippen molar-refractivity contribution in [3.05, 3.63) is 42.5 Å². The second-order valence-electron chi connectivity index (χ2n) is 4.63. The first-order chi connectivity index (χ1) is 9.65. The number of benzene rings is 1. The summed E-state index contributed by atoms with van der Waals surface area (Å²) in [5.74, 6) is 1.67. The third-order valence-electron chi connectivity index (χ3n) is 2.59. The first-order valence-corrected chi connectivity index (χ1v) is 7.02. The zero-order valence-electron chi connectivity index (χ0n) is 12.6. The van der Waals surface area contributed by atoms with Gasteiger partial charge < -0.3 is 15.4 Å². The monoisotopic (exact) mass is 275 g/mol. The number of ether oxygens (including phenoxy) is 1. The van der Waals surface area contributed by atoms with Gasteiger partial charge in [0.1, 0.15) is 11.9 Å². The molecule has 0 amide bonds. The SMILES string of the molecule is C=CCNC(=NCC(C)Oc1cccc(C)c1)NCC. The summed E-state index contributed by atoms with van der Waals surface area (Å²) >= 11 is 0. The van der Waals surface area contributed by atoms with Gasteiger partial charge in [-0.1, -0.05) is 18.2 Å². The van der Waals surface area contributed by atoms with Crippen molar-refractivity contribution in [3.8, 4) is 5.75 Å². The third-order valence-corrected chi connectivity index (χ3v) is 2.59. The van der Waals surface area contributed by atoms with E-state index in [0.717, 1.165) is 18.3 Å². The van der Waals surface area contributed by atoms with Gasteiger partial charge in [0.15, 0.2) is 5.96 Å². The quantitative estimate of drug-likeness (QED) is 0.456. The summed E-state index contributed by atoms with van der Waals surface area (Å²) in [5, 5.41) is 6.35. The molecule has 0 heterocycles. The van der Waals surface area contributed by atoms with Crippen LogP contribution in [0.15, 0.2) is 41.9 Å². The molecule has 0 saturated carbocycles. The van der Waals surface area contributed by atoms with E-state index in [1.54, 1.807) is 6.08 Å². The molecule has 0 fully saturated rings. The summed E-state index contributed by atoms with van der Waals surface area (Å²) in [6, 6.07) is 8.05. The van der Waals surface area contributed by atoms with Crippen molar-refractivity contribution < 1.29 is 4.74 Å². The van der Waals surface area contributed by atoms with E-state index in [4.69, 9.17) is 4.74 Å². The fraction of sp³-hybridized carbons (Fsp3) is 0.438. The zero-order chi connectivity index (χ0) is 14.8. The van der Waals surface area contributed by atoms with E-state index in [9.17, 15) is 0 Å². The minimum absolute atomic E-state index is 0.0241. The van der Waals surface area contributed by atoms with Crippen molar-refractivity contribution in [1.82, 2.24) is 10.6 Å². The number of hydrogen-bond donors (Lipinski definition) is 2. The minimum Gasteiger partial charge on any atom is -0.489 e. The van der Waals surface area contributed by atoms with E-state index in [-0.39, 0.29) is 6.10 Å². The predicted octanol–water partition coefficient (Wildman–Crippen LogP) is 2.50. The Morgan fingerprint density at radius 3 is 2.90 bits per heavy atom. The summed E-state index contributed by atoms with van der Waals surface area (Å²) in [4.78, 5) is 4.49. The standard InChI is InChI=1S/C16H25N3O/c1-5-10-18-16(17-6-2)19-12-14(4)20-15-9-7-8-13(3)11-15/h5,7-9,11,14H,1,6,10,12H2,2-4H3,(H2,17,18,19). The van der Waals surface area contributed by atoms with Crippen LogP contribution in [-0.2, 0) is 0 Å². The van der Waals surface area contributed by atoms with Crippen LogP contribution in [0.4, 0.5) is 0 Å². The van der Waals surface area contributed by atoms with Crippen molar-refractivity contribution >= 4 is 5.96 Å². The molecule has 0 spiro atoms. The zero-order valence-corrected chi connectivity index (χ0v) is 12.6. The molecule has 20 heavy (non-hydrogen) atoms. The van der Waals surface area contributed by atoms with E-state index < -0.39 is 0 Å². The molecule has 4 heteroatoms. The number of hydrogen-bond acceptors (Lipinski definition) is 2. The molecule has 0 bridgehead atoms. The van der Waals surface area contributed by atoms with Gasteiger partial charge in [0.25, 0.3) is 0 Å². The topological polar surface area (TPSA) is 45.7 Å². The van der Waals surface area contributed by atoms with Gasteiger partial charge in [0.2, 0.25) is 0 Å². The van der Waals surface area contributed by atoms with Crippen LogP contribution in [0.3, 0.4) is 0 Å². The maximum absolute atomic E-state index is 5.85. The van der Waals surface area contributed by atoms with Crippen LogP contribution in [0.1, 0.15) is 19.4 Å². The lowest BCUT2D eigenvalue weighted by Crippen LogP contribution is -2.38. The Hall–Kier alpha value is -1.97. The number of aliphatic imine (C=N–C) groups is 1. The second kappa shape index (κ2) is 9.02. The van der Waals surface area contributed by atoms with E-state index in [2.05, 4.69) is 35.2 Å². The average molecular weight is 275 g/mol. The Labute approximate surface area is 121 Å². The molecule has 0 aliphatic heterocycles. The smallest absolute Gasteiger partial charge is 0.191 e. The van der Waals surface area contributed by atoms with Gasteiger partial charge in [-0.25, -0.2) is 4.99 Å². The van der Waals surface area contributed by atoms with Gasteiger partial charge in [-0.15, -0.1) is 6.58 Å². The van der Waals surface area contributed by atoms with Gasteiger partial charge in [-0.3, -0.25) is 0 Å². The fourth-order valence-corrected chi connectivity index (χ4v) is 1.69. The molecule has 0 aliphatic rings. The molecular formula is C16H25N3O. The van der Waals surface area contributed by atoms with Crippen molar-refractivity contribution in [1.29, 1.82) is 0 Å². The lowest BCUT2D eigenvalue weighted by atomic mass is 10.2.